The van der Waals surface area contributed by atoms with Crippen LogP contribution in [0.25, 0.3) is 0 Å². The SMILES string of the molecule is Cc1ccc(CNc2nc(C)nc(Nc3cc(C4CC4)[nH]n3)n2)c(F)c1. The van der Waals surface area contributed by atoms with E-state index in [0.717, 1.165) is 11.3 Å². The van der Waals surface area contributed by atoms with Crippen molar-refractivity contribution in [1.29, 1.82) is 0 Å². The Hall–Kier alpha value is -3.03. The van der Waals surface area contributed by atoms with Gasteiger partial charge in [-0.15, -0.1) is 0 Å². The maximum absolute atomic E-state index is 14.0. The Morgan fingerprint density at radius 2 is 1.92 bits per heavy atom. The third-order valence-electron chi connectivity index (χ3n) is 4.25. The summed E-state index contributed by atoms with van der Waals surface area (Å²) in [5, 5.41) is 13.4. The molecule has 0 atom stereocenters. The number of aromatic nitrogens is 5. The molecule has 1 aliphatic rings. The minimum absolute atomic E-state index is 0.245. The topological polar surface area (TPSA) is 91.4 Å². The Labute approximate surface area is 150 Å². The number of nitrogens with one attached hydrogen (secondary N) is 3. The van der Waals surface area contributed by atoms with Gasteiger partial charge in [-0.3, -0.25) is 5.10 Å². The Kier molecular flexibility index (Phi) is 4.24. The van der Waals surface area contributed by atoms with E-state index in [-0.39, 0.29) is 5.82 Å². The molecule has 0 amide bonds. The van der Waals surface area contributed by atoms with Gasteiger partial charge < -0.3 is 10.6 Å². The molecule has 7 nitrogen and oxygen atoms in total. The minimum atomic E-state index is -0.245. The summed E-state index contributed by atoms with van der Waals surface area (Å²) in [5.41, 5.74) is 2.58. The molecule has 4 rings (SSSR count). The number of rotatable bonds is 6. The summed E-state index contributed by atoms with van der Waals surface area (Å²) < 4.78 is 14.0. The van der Waals surface area contributed by atoms with Gasteiger partial charge in [0.1, 0.15) is 11.6 Å². The number of halogens is 1. The zero-order chi connectivity index (χ0) is 18.1. The molecule has 3 aromatic rings. The van der Waals surface area contributed by atoms with Gasteiger partial charge in [0.2, 0.25) is 11.9 Å². The molecule has 1 fully saturated rings. The van der Waals surface area contributed by atoms with Crippen LogP contribution in [-0.4, -0.2) is 25.1 Å². The lowest BCUT2D eigenvalue weighted by Crippen LogP contribution is -2.09. The molecule has 134 valence electrons. The fourth-order valence-corrected chi connectivity index (χ4v) is 2.71. The van der Waals surface area contributed by atoms with Crippen molar-refractivity contribution in [3.05, 3.63) is 52.7 Å². The lowest BCUT2D eigenvalue weighted by atomic mass is 10.1. The standard InChI is InChI=1S/C18H20FN7/c1-10-3-4-13(14(19)7-10)9-20-17-21-11(2)22-18(24-17)23-16-8-15(25-26-16)12-5-6-12/h3-4,7-8,12H,5-6,9H2,1-2H3,(H3,20,21,22,23,24,25,26). The van der Waals surface area contributed by atoms with E-state index >= 15 is 0 Å². The Bertz CT molecular complexity index is 933. The van der Waals surface area contributed by atoms with Crippen LogP contribution in [0.1, 0.15) is 41.4 Å². The predicted molar refractivity (Wildman–Crippen MR) is 96.9 cm³/mol. The summed E-state index contributed by atoms with van der Waals surface area (Å²) in [5.74, 6) is 2.38. The third kappa shape index (κ3) is 3.79. The lowest BCUT2D eigenvalue weighted by Gasteiger charge is -2.09. The number of anilines is 3. The summed E-state index contributed by atoms with van der Waals surface area (Å²) >= 11 is 0. The van der Waals surface area contributed by atoms with Gasteiger partial charge in [-0.25, -0.2) is 4.39 Å². The van der Waals surface area contributed by atoms with E-state index in [1.165, 1.54) is 18.9 Å². The van der Waals surface area contributed by atoms with Gasteiger partial charge in [-0.2, -0.15) is 20.1 Å². The van der Waals surface area contributed by atoms with E-state index < -0.39 is 0 Å². The van der Waals surface area contributed by atoms with Gasteiger partial charge in [0.05, 0.1) is 0 Å². The van der Waals surface area contributed by atoms with Crippen molar-refractivity contribution >= 4 is 17.7 Å². The number of aryl methyl sites for hydroxylation is 2. The van der Waals surface area contributed by atoms with Crippen molar-refractivity contribution in [1.82, 2.24) is 25.1 Å². The molecule has 8 heteroatoms. The van der Waals surface area contributed by atoms with Crippen LogP contribution in [0.5, 0.6) is 0 Å². The first-order valence-electron chi connectivity index (χ1n) is 8.61. The van der Waals surface area contributed by atoms with Crippen LogP contribution >= 0.6 is 0 Å². The maximum Gasteiger partial charge on any atom is 0.233 e. The number of aromatic amines is 1. The highest BCUT2D eigenvalue weighted by Crippen LogP contribution is 2.39. The van der Waals surface area contributed by atoms with E-state index in [1.807, 2.05) is 19.1 Å². The molecule has 1 saturated carbocycles. The molecule has 0 spiro atoms. The second-order valence-corrected chi connectivity index (χ2v) is 6.59. The number of hydrogen-bond acceptors (Lipinski definition) is 6. The zero-order valence-electron chi connectivity index (χ0n) is 14.7. The molecule has 3 N–H and O–H groups in total. The first-order valence-corrected chi connectivity index (χ1v) is 8.61. The highest BCUT2D eigenvalue weighted by Gasteiger charge is 2.25. The van der Waals surface area contributed by atoms with Gasteiger partial charge in [-0.05, 0) is 38.3 Å². The highest BCUT2D eigenvalue weighted by molar-refractivity contribution is 5.50. The van der Waals surface area contributed by atoms with E-state index in [4.69, 9.17) is 0 Å². The van der Waals surface area contributed by atoms with E-state index in [2.05, 4.69) is 35.8 Å². The Morgan fingerprint density at radius 3 is 2.69 bits per heavy atom. The third-order valence-corrected chi connectivity index (χ3v) is 4.25. The fraction of sp³-hybridized carbons (Fsp3) is 0.333. The molecule has 0 bridgehead atoms. The van der Waals surface area contributed by atoms with E-state index in [1.54, 1.807) is 13.0 Å². The van der Waals surface area contributed by atoms with Crippen molar-refractivity contribution in [2.24, 2.45) is 0 Å². The lowest BCUT2D eigenvalue weighted by molar-refractivity contribution is 0.611. The molecular formula is C18H20FN7. The molecule has 0 unspecified atom stereocenters. The summed E-state index contributed by atoms with van der Waals surface area (Å²) in [6.07, 6.45) is 2.41. The predicted octanol–water partition coefficient (Wildman–Crippen LogP) is 3.58. The summed E-state index contributed by atoms with van der Waals surface area (Å²) in [4.78, 5) is 12.9. The monoisotopic (exact) mass is 353 g/mol. The maximum atomic E-state index is 14.0. The molecule has 2 aromatic heterocycles. The summed E-state index contributed by atoms with van der Waals surface area (Å²) in [6.45, 7) is 3.94. The number of H-pyrrole nitrogens is 1. The van der Waals surface area contributed by atoms with Crippen LogP contribution in [0.15, 0.2) is 24.3 Å². The molecular weight excluding hydrogens is 333 g/mol. The molecule has 1 aliphatic carbocycles. The Balaban J connectivity index is 1.46. The van der Waals surface area contributed by atoms with Crippen LogP contribution in [0.2, 0.25) is 0 Å². The van der Waals surface area contributed by atoms with Crippen LogP contribution in [0.3, 0.4) is 0 Å². The second kappa shape index (κ2) is 6.70. The first-order chi connectivity index (χ1) is 12.6. The van der Waals surface area contributed by atoms with Crippen molar-refractivity contribution in [2.75, 3.05) is 10.6 Å². The summed E-state index contributed by atoms with van der Waals surface area (Å²) in [7, 11) is 0. The highest BCUT2D eigenvalue weighted by atomic mass is 19.1. The van der Waals surface area contributed by atoms with Gasteiger partial charge in [-0.1, -0.05) is 12.1 Å². The van der Waals surface area contributed by atoms with Crippen LogP contribution in [0.4, 0.5) is 22.1 Å². The molecule has 0 aliphatic heterocycles. The van der Waals surface area contributed by atoms with Crippen molar-refractivity contribution in [2.45, 2.75) is 39.2 Å². The average molecular weight is 353 g/mol. The van der Waals surface area contributed by atoms with Crippen molar-refractivity contribution in [3.8, 4) is 0 Å². The van der Waals surface area contributed by atoms with Gasteiger partial charge in [0.25, 0.3) is 0 Å². The van der Waals surface area contributed by atoms with E-state index in [0.29, 0.717) is 41.6 Å². The zero-order valence-corrected chi connectivity index (χ0v) is 14.7. The molecule has 1 aromatic carbocycles. The largest absolute Gasteiger partial charge is 0.350 e. The molecule has 0 radical (unpaired) electrons. The van der Waals surface area contributed by atoms with Gasteiger partial charge in [0.15, 0.2) is 5.82 Å². The van der Waals surface area contributed by atoms with Crippen LogP contribution in [-0.2, 0) is 6.54 Å². The number of hydrogen-bond donors (Lipinski definition) is 3. The fourth-order valence-electron chi connectivity index (χ4n) is 2.71. The molecule has 26 heavy (non-hydrogen) atoms. The number of nitrogens with zero attached hydrogens (tertiary/aromatic N) is 4. The molecule has 2 heterocycles. The average Bonchev–Trinajstić information content (AvgIpc) is 3.34. The normalized spacial score (nSPS) is 13.7. The first kappa shape index (κ1) is 16.4. The van der Waals surface area contributed by atoms with Crippen LogP contribution in [0, 0.1) is 19.7 Å². The smallest absolute Gasteiger partial charge is 0.233 e. The van der Waals surface area contributed by atoms with E-state index in [9.17, 15) is 4.39 Å². The minimum Gasteiger partial charge on any atom is -0.350 e. The summed E-state index contributed by atoms with van der Waals surface area (Å²) in [6, 6.07) is 7.12. The second-order valence-electron chi connectivity index (χ2n) is 6.59. The Morgan fingerprint density at radius 1 is 1.12 bits per heavy atom. The number of benzene rings is 1. The van der Waals surface area contributed by atoms with Crippen molar-refractivity contribution in [3.63, 3.8) is 0 Å². The molecule has 0 saturated heterocycles. The van der Waals surface area contributed by atoms with Gasteiger partial charge >= 0.3 is 0 Å². The van der Waals surface area contributed by atoms with Gasteiger partial charge in [0, 0.05) is 29.8 Å². The van der Waals surface area contributed by atoms with Crippen molar-refractivity contribution < 1.29 is 4.39 Å². The van der Waals surface area contributed by atoms with Crippen LogP contribution < -0.4 is 10.6 Å². The quantitative estimate of drug-likeness (QED) is 0.627.